The smallest absolute Gasteiger partial charge is 0.254 e. The Hall–Kier alpha value is -2.70. The van der Waals surface area contributed by atoms with E-state index in [1.165, 1.54) is 0 Å². The average molecular weight is 436 g/mol. The minimum atomic E-state index is 0.00306. The maximum absolute atomic E-state index is 13.5. The molecule has 0 radical (unpaired) electrons. The lowest BCUT2D eigenvalue weighted by Gasteiger charge is -2.35. The van der Waals surface area contributed by atoms with Gasteiger partial charge in [0.2, 0.25) is 5.91 Å². The minimum absolute atomic E-state index is 0.00306. The number of nitrogens with one attached hydrogen (secondary N) is 1. The van der Waals surface area contributed by atoms with Crippen LogP contribution in [0, 0.1) is 11.8 Å². The van der Waals surface area contributed by atoms with Crippen LogP contribution >= 0.6 is 0 Å². The van der Waals surface area contributed by atoms with Crippen LogP contribution in [0.25, 0.3) is 0 Å². The number of hydrogen-bond donors (Lipinski definition) is 1. The number of morpholine rings is 1. The molecule has 2 aromatic rings. The van der Waals surface area contributed by atoms with E-state index in [0.29, 0.717) is 18.0 Å². The third-order valence-corrected chi connectivity index (χ3v) is 6.46. The second kappa shape index (κ2) is 10.3. The molecular formula is C26H33N3O3. The van der Waals surface area contributed by atoms with E-state index in [1.54, 1.807) is 0 Å². The lowest BCUT2D eigenvalue weighted by molar-refractivity contribution is -0.117. The van der Waals surface area contributed by atoms with Gasteiger partial charge in [-0.1, -0.05) is 37.3 Å². The zero-order chi connectivity index (χ0) is 22.5. The number of benzene rings is 2. The summed E-state index contributed by atoms with van der Waals surface area (Å²) in [6, 6.07) is 17.4. The highest BCUT2D eigenvalue weighted by molar-refractivity contribution is 5.97. The molecule has 2 aliphatic rings. The number of amides is 2. The lowest BCUT2D eigenvalue weighted by atomic mass is 10.1. The van der Waals surface area contributed by atoms with Crippen molar-refractivity contribution in [2.75, 3.05) is 38.2 Å². The van der Waals surface area contributed by atoms with Gasteiger partial charge in [-0.25, -0.2) is 0 Å². The number of anilines is 1. The van der Waals surface area contributed by atoms with Gasteiger partial charge in [0.25, 0.3) is 5.91 Å². The minimum Gasteiger partial charge on any atom is -0.379 e. The largest absolute Gasteiger partial charge is 0.379 e. The Morgan fingerprint density at radius 2 is 1.75 bits per heavy atom. The number of nitrogens with zero attached hydrogens (tertiary/aromatic N) is 2. The van der Waals surface area contributed by atoms with Crippen LogP contribution < -0.4 is 5.32 Å². The van der Waals surface area contributed by atoms with E-state index in [0.717, 1.165) is 50.5 Å². The second-order valence-corrected chi connectivity index (χ2v) is 9.07. The van der Waals surface area contributed by atoms with Gasteiger partial charge < -0.3 is 15.0 Å². The van der Waals surface area contributed by atoms with Gasteiger partial charge in [-0.15, -0.1) is 0 Å². The van der Waals surface area contributed by atoms with Crippen molar-refractivity contribution in [3.8, 4) is 0 Å². The molecule has 3 unspecified atom stereocenters. The molecule has 2 amide bonds. The summed E-state index contributed by atoms with van der Waals surface area (Å²) < 4.78 is 5.47. The fourth-order valence-corrected chi connectivity index (χ4v) is 4.25. The lowest BCUT2D eigenvalue weighted by Crippen LogP contribution is -2.48. The Kier molecular flexibility index (Phi) is 7.22. The Morgan fingerprint density at radius 3 is 2.38 bits per heavy atom. The van der Waals surface area contributed by atoms with Crippen LogP contribution in [0.1, 0.15) is 36.2 Å². The van der Waals surface area contributed by atoms with Crippen LogP contribution in [0.2, 0.25) is 0 Å². The van der Waals surface area contributed by atoms with Crippen LogP contribution in [-0.4, -0.2) is 60.5 Å². The maximum Gasteiger partial charge on any atom is 0.254 e. The van der Waals surface area contributed by atoms with Gasteiger partial charge in [0.1, 0.15) is 0 Å². The van der Waals surface area contributed by atoms with Crippen molar-refractivity contribution in [3.05, 3.63) is 65.7 Å². The van der Waals surface area contributed by atoms with Gasteiger partial charge in [-0.05, 0) is 49.1 Å². The standard InChI is InChI=1S/C26H33N3O3/c1-19-16-24(19)25(30)27-23-10-8-22(9-11-23)26(31)29(18-21-6-4-3-5-7-21)20(2)17-28-12-14-32-15-13-28/h3-11,19-20,24H,12-18H2,1-2H3,(H,27,30). The Bertz CT molecular complexity index is 910. The topological polar surface area (TPSA) is 61.9 Å². The molecule has 1 saturated heterocycles. The maximum atomic E-state index is 13.5. The average Bonchev–Trinajstić information content (AvgIpc) is 3.55. The van der Waals surface area contributed by atoms with E-state index < -0.39 is 0 Å². The summed E-state index contributed by atoms with van der Waals surface area (Å²) in [6.45, 7) is 8.85. The van der Waals surface area contributed by atoms with Crippen LogP contribution in [0.4, 0.5) is 5.69 Å². The monoisotopic (exact) mass is 435 g/mol. The van der Waals surface area contributed by atoms with Crippen molar-refractivity contribution in [3.63, 3.8) is 0 Å². The highest BCUT2D eigenvalue weighted by Gasteiger charge is 2.39. The predicted octanol–water partition coefficient (Wildman–Crippen LogP) is 3.64. The molecule has 0 bridgehead atoms. The molecule has 0 aromatic heterocycles. The number of rotatable bonds is 8. The highest BCUT2D eigenvalue weighted by Crippen LogP contribution is 2.38. The fraction of sp³-hybridized carbons (Fsp3) is 0.462. The Morgan fingerprint density at radius 1 is 1.09 bits per heavy atom. The normalized spacial score (nSPS) is 21.6. The molecule has 1 aliphatic heterocycles. The quantitative estimate of drug-likeness (QED) is 0.688. The first kappa shape index (κ1) is 22.5. The summed E-state index contributed by atoms with van der Waals surface area (Å²) in [5.74, 6) is 0.666. The van der Waals surface area contributed by atoms with Crippen molar-refractivity contribution >= 4 is 17.5 Å². The number of carbonyl (C=O) groups is 2. The zero-order valence-corrected chi connectivity index (χ0v) is 19.0. The van der Waals surface area contributed by atoms with Crippen LogP contribution in [0.3, 0.4) is 0 Å². The van der Waals surface area contributed by atoms with E-state index in [9.17, 15) is 9.59 Å². The first-order chi connectivity index (χ1) is 15.5. The van der Waals surface area contributed by atoms with Gasteiger partial charge in [0.05, 0.1) is 13.2 Å². The molecule has 1 saturated carbocycles. The van der Waals surface area contributed by atoms with Crippen LogP contribution in [0.15, 0.2) is 54.6 Å². The highest BCUT2D eigenvalue weighted by atomic mass is 16.5. The van der Waals surface area contributed by atoms with Crippen molar-refractivity contribution in [2.24, 2.45) is 11.8 Å². The van der Waals surface area contributed by atoms with Gasteiger partial charge in [0.15, 0.2) is 0 Å². The van der Waals surface area contributed by atoms with Crippen molar-refractivity contribution in [1.82, 2.24) is 9.80 Å². The van der Waals surface area contributed by atoms with E-state index in [1.807, 2.05) is 47.4 Å². The number of hydrogen-bond acceptors (Lipinski definition) is 4. The van der Waals surface area contributed by atoms with Gasteiger partial charge in [0, 0.05) is 49.4 Å². The molecule has 1 aliphatic carbocycles. The van der Waals surface area contributed by atoms with Crippen molar-refractivity contribution < 1.29 is 14.3 Å². The summed E-state index contributed by atoms with van der Waals surface area (Å²) in [4.78, 5) is 30.0. The van der Waals surface area contributed by atoms with Gasteiger partial charge >= 0.3 is 0 Å². The molecule has 6 nitrogen and oxygen atoms in total. The number of ether oxygens (including phenoxy) is 1. The molecule has 0 spiro atoms. The van der Waals surface area contributed by atoms with E-state index in [2.05, 4.69) is 36.2 Å². The Labute approximate surface area is 190 Å². The molecule has 4 rings (SSSR count). The molecule has 32 heavy (non-hydrogen) atoms. The fourth-order valence-electron chi connectivity index (χ4n) is 4.25. The van der Waals surface area contributed by atoms with Crippen LogP contribution in [0.5, 0.6) is 0 Å². The first-order valence-electron chi connectivity index (χ1n) is 11.6. The summed E-state index contributed by atoms with van der Waals surface area (Å²) >= 11 is 0. The first-order valence-corrected chi connectivity index (χ1v) is 11.6. The second-order valence-electron chi connectivity index (χ2n) is 9.07. The molecule has 2 fully saturated rings. The summed E-state index contributed by atoms with van der Waals surface area (Å²) in [5.41, 5.74) is 2.48. The third-order valence-electron chi connectivity index (χ3n) is 6.46. The summed E-state index contributed by atoms with van der Waals surface area (Å²) in [5, 5.41) is 2.96. The Balaban J connectivity index is 1.46. The molecular weight excluding hydrogens is 402 g/mol. The summed E-state index contributed by atoms with van der Waals surface area (Å²) in [7, 11) is 0. The summed E-state index contributed by atoms with van der Waals surface area (Å²) in [6.07, 6.45) is 0.956. The third kappa shape index (κ3) is 5.75. The van der Waals surface area contributed by atoms with E-state index in [4.69, 9.17) is 4.74 Å². The van der Waals surface area contributed by atoms with Gasteiger partial charge in [-0.2, -0.15) is 0 Å². The van der Waals surface area contributed by atoms with Crippen LogP contribution in [-0.2, 0) is 16.1 Å². The molecule has 1 N–H and O–H groups in total. The van der Waals surface area contributed by atoms with E-state index in [-0.39, 0.29) is 23.8 Å². The zero-order valence-electron chi connectivity index (χ0n) is 19.0. The predicted molar refractivity (Wildman–Crippen MR) is 125 cm³/mol. The number of carbonyl (C=O) groups excluding carboxylic acids is 2. The van der Waals surface area contributed by atoms with Gasteiger partial charge in [-0.3, -0.25) is 14.5 Å². The molecule has 1 heterocycles. The molecule has 170 valence electrons. The molecule has 2 aromatic carbocycles. The SMILES string of the molecule is CC1CC1C(=O)Nc1ccc(C(=O)N(Cc2ccccc2)C(C)CN2CCOCC2)cc1. The van der Waals surface area contributed by atoms with Crippen molar-refractivity contribution in [2.45, 2.75) is 32.9 Å². The molecule has 6 heteroatoms. The van der Waals surface area contributed by atoms with E-state index >= 15 is 0 Å². The molecule has 3 atom stereocenters. The van der Waals surface area contributed by atoms with Crippen molar-refractivity contribution in [1.29, 1.82) is 0 Å².